The van der Waals surface area contributed by atoms with Gasteiger partial charge >= 0.3 is 0 Å². The summed E-state index contributed by atoms with van der Waals surface area (Å²) >= 11 is 0. The molecule has 0 unspecified atom stereocenters. The van der Waals surface area contributed by atoms with E-state index in [0.717, 1.165) is 0 Å². The Morgan fingerprint density at radius 2 is 1.79 bits per heavy atom. The molecule has 5 atom stereocenters. The molecule has 1 aliphatic rings. The molecule has 82 valence electrons. The molecule has 7 nitrogen and oxygen atoms in total. The predicted octanol–water partition coefficient (Wildman–Crippen LogP) is -3.69. The van der Waals surface area contributed by atoms with Crippen LogP contribution in [0.3, 0.4) is 0 Å². The van der Waals surface area contributed by atoms with Gasteiger partial charge in [0.15, 0.2) is 6.10 Å². The van der Waals surface area contributed by atoms with Gasteiger partial charge in [-0.3, -0.25) is 4.79 Å². The Hall–Kier alpha value is -0.730. The maximum Gasteiger partial charge on any atom is 0.249 e. The fourth-order valence-electron chi connectivity index (χ4n) is 1.34. The second-order valence-electron chi connectivity index (χ2n) is 3.15. The van der Waals surface area contributed by atoms with Crippen molar-refractivity contribution in [2.45, 2.75) is 30.5 Å². The third kappa shape index (κ3) is 1.86. The van der Waals surface area contributed by atoms with E-state index in [-0.39, 0.29) is 0 Å². The van der Waals surface area contributed by atoms with Crippen molar-refractivity contribution in [2.75, 3.05) is 6.61 Å². The van der Waals surface area contributed by atoms with Crippen molar-refractivity contribution in [3.8, 4) is 0 Å². The normalized spacial score (nSPS) is 43.6. The van der Waals surface area contributed by atoms with E-state index in [4.69, 9.17) is 15.6 Å². The van der Waals surface area contributed by atoms with Gasteiger partial charge in [0.25, 0.3) is 0 Å². The lowest BCUT2D eigenvalue weighted by molar-refractivity contribution is -0.225. The predicted molar refractivity (Wildman–Crippen MR) is 43.0 cm³/mol. The number of carbonyl (C=O) groups excluding carboxylic acids is 1. The largest absolute Gasteiger partial charge is 0.394 e. The van der Waals surface area contributed by atoms with Gasteiger partial charge in [0.05, 0.1) is 6.61 Å². The molecule has 14 heavy (non-hydrogen) atoms. The highest BCUT2D eigenvalue weighted by atomic mass is 16.5. The minimum Gasteiger partial charge on any atom is -0.394 e. The molecule has 0 aromatic carbocycles. The molecule has 0 spiro atoms. The van der Waals surface area contributed by atoms with Gasteiger partial charge < -0.3 is 30.9 Å². The number of ether oxygens (including phenoxy) is 1. The molecule has 0 bridgehead atoms. The van der Waals surface area contributed by atoms with Crippen molar-refractivity contribution in [3.63, 3.8) is 0 Å². The molecule has 1 aliphatic heterocycles. The summed E-state index contributed by atoms with van der Waals surface area (Å²) in [6.45, 7) is -0.575. The average Bonchev–Trinajstić information content (AvgIpc) is 2.14. The van der Waals surface area contributed by atoms with E-state index < -0.39 is 43.0 Å². The van der Waals surface area contributed by atoms with Crippen molar-refractivity contribution < 1.29 is 30.0 Å². The van der Waals surface area contributed by atoms with Gasteiger partial charge in [-0.2, -0.15) is 0 Å². The molecule has 1 amide bonds. The van der Waals surface area contributed by atoms with Gasteiger partial charge in [0.1, 0.15) is 24.4 Å². The third-order valence-electron chi connectivity index (χ3n) is 2.17. The van der Waals surface area contributed by atoms with E-state index >= 15 is 0 Å². The second-order valence-corrected chi connectivity index (χ2v) is 3.15. The average molecular weight is 207 g/mol. The molecule has 1 rings (SSSR count). The summed E-state index contributed by atoms with van der Waals surface area (Å²) in [5.74, 6) is -0.957. The Morgan fingerprint density at radius 1 is 1.21 bits per heavy atom. The summed E-state index contributed by atoms with van der Waals surface area (Å²) in [7, 11) is 0. The summed E-state index contributed by atoms with van der Waals surface area (Å²) in [4.78, 5) is 10.7. The first-order chi connectivity index (χ1) is 6.49. The van der Waals surface area contributed by atoms with Gasteiger partial charge in [0, 0.05) is 0 Å². The van der Waals surface area contributed by atoms with Crippen LogP contribution in [0.15, 0.2) is 0 Å². The van der Waals surface area contributed by atoms with Crippen molar-refractivity contribution in [2.24, 2.45) is 5.73 Å². The molecular weight excluding hydrogens is 194 g/mol. The van der Waals surface area contributed by atoms with Crippen LogP contribution in [0, 0.1) is 0 Å². The van der Waals surface area contributed by atoms with Gasteiger partial charge in [-0.25, -0.2) is 0 Å². The highest BCUT2D eigenvalue weighted by Crippen LogP contribution is 2.20. The van der Waals surface area contributed by atoms with Gasteiger partial charge in [0.2, 0.25) is 5.91 Å². The van der Waals surface area contributed by atoms with Crippen molar-refractivity contribution >= 4 is 5.91 Å². The third-order valence-corrected chi connectivity index (χ3v) is 2.17. The fraction of sp³-hybridized carbons (Fsp3) is 0.857. The maximum absolute atomic E-state index is 10.7. The quantitative estimate of drug-likeness (QED) is 0.316. The summed E-state index contributed by atoms with van der Waals surface area (Å²) in [6, 6.07) is 0. The van der Waals surface area contributed by atoms with Gasteiger partial charge in [-0.05, 0) is 0 Å². The Bertz CT molecular complexity index is 220. The molecular formula is C7H13NO6. The zero-order valence-electron chi connectivity index (χ0n) is 7.28. The van der Waals surface area contributed by atoms with Crippen LogP contribution < -0.4 is 5.73 Å². The van der Waals surface area contributed by atoms with Crippen LogP contribution in [0.2, 0.25) is 0 Å². The topological polar surface area (TPSA) is 133 Å². The maximum atomic E-state index is 10.7. The van der Waals surface area contributed by atoms with Crippen LogP contribution in [0.25, 0.3) is 0 Å². The van der Waals surface area contributed by atoms with Gasteiger partial charge in [-0.1, -0.05) is 0 Å². The highest BCUT2D eigenvalue weighted by molar-refractivity contribution is 5.79. The number of rotatable bonds is 2. The van der Waals surface area contributed by atoms with E-state index in [9.17, 15) is 20.1 Å². The van der Waals surface area contributed by atoms with Crippen LogP contribution in [-0.2, 0) is 9.53 Å². The number of aliphatic hydroxyl groups is 4. The number of nitrogens with two attached hydrogens (primary N) is 1. The van der Waals surface area contributed by atoms with E-state index in [2.05, 4.69) is 0 Å². The molecule has 1 saturated heterocycles. The number of aliphatic hydroxyl groups excluding tert-OH is 4. The van der Waals surface area contributed by atoms with Gasteiger partial charge in [-0.15, -0.1) is 0 Å². The summed E-state index contributed by atoms with van der Waals surface area (Å²) in [5, 5.41) is 36.5. The summed E-state index contributed by atoms with van der Waals surface area (Å²) in [5.41, 5.74) is 4.88. The minimum atomic E-state index is -1.58. The van der Waals surface area contributed by atoms with Crippen molar-refractivity contribution in [3.05, 3.63) is 0 Å². The van der Waals surface area contributed by atoms with E-state index in [1.54, 1.807) is 0 Å². The Labute approximate surface area is 79.7 Å². The smallest absolute Gasteiger partial charge is 0.249 e. The Morgan fingerprint density at radius 3 is 2.21 bits per heavy atom. The molecule has 7 heteroatoms. The number of hydrogen-bond acceptors (Lipinski definition) is 6. The summed E-state index contributed by atoms with van der Waals surface area (Å²) in [6.07, 6.45) is -7.11. The zero-order chi connectivity index (χ0) is 10.9. The molecule has 1 heterocycles. The molecule has 0 aromatic heterocycles. The SMILES string of the molecule is NC(=O)[C@@H]1O[C@H](CO)[C@@H](O)[C@@H](O)[C@H]1O. The number of amides is 1. The summed E-state index contributed by atoms with van der Waals surface area (Å²) < 4.78 is 4.81. The lowest BCUT2D eigenvalue weighted by Gasteiger charge is -2.38. The van der Waals surface area contributed by atoms with Crippen molar-refractivity contribution in [1.82, 2.24) is 0 Å². The monoisotopic (exact) mass is 207 g/mol. The Kier molecular flexibility index (Phi) is 3.40. The van der Waals surface area contributed by atoms with Crippen LogP contribution in [0.4, 0.5) is 0 Å². The van der Waals surface area contributed by atoms with E-state index in [1.165, 1.54) is 0 Å². The molecule has 6 N–H and O–H groups in total. The molecule has 0 aromatic rings. The number of carbonyl (C=O) groups is 1. The lowest BCUT2D eigenvalue weighted by Crippen LogP contribution is -2.61. The minimum absolute atomic E-state index is 0.575. The first-order valence-corrected chi connectivity index (χ1v) is 4.09. The van der Waals surface area contributed by atoms with Crippen LogP contribution in [0.1, 0.15) is 0 Å². The zero-order valence-corrected chi connectivity index (χ0v) is 7.28. The number of hydrogen-bond donors (Lipinski definition) is 5. The van der Waals surface area contributed by atoms with E-state index in [1.807, 2.05) is 0 Å². The molecule has 0 radical (unpaired) electrons. The molecule has 1 fully saturated rings. The van der Waals surface area contributed by atoms with E-state index in [0.29, 0.717) is 0 Å². The standard InChI is InChI=1S/C7H13NO6/c8-7(13)6-5(12)4(11)3(10)2(1-9)14-6/h2-6,9-12H,1H2,(H2,8,13)/t2-,3-,4-,5-,6-/m1/s1. The first-order valence-electron chi connectivity index (χ1n) is 4.09. The first kappa shape index (κ1) is 11.3. The fourth-order valence-corrected chi connectivity index (χ4v) is 1.34. The molecule has 0 saturated carbocycles. The lowest BCUT2D eigenvalue weighted by atomic mass is 9.95. The van der Waals surface area contributed by atoms with Crippen LogP contribution in [-0.4, -0.2) is 63.5 Å². The van der Waals surface area contributed by atoms with Crippen LogP contribution >= 0.6 is 0 Å². The number of primary amides is 1. The Balaban J connectivity index is 2.78. The van der Waals surface area contributed by atoms with Crippen molar-refractivity contribution in [1.29, 1.82) is 0 Å². The highest BCUT2D eigenvalue weighted by Gasteiger charge is 2.45. The van der Waals surface area contributed by atoms with Crippen LogP contribution in [0.5, 0.6) is 0 Å². The second kappa shape index (κ2) is 4.20. The molecule has 0 aliphatic carbocycles.